The highest BCUT2D eigenvalue weighted by atomic mass is 19.4. The summed E-state index contributed by atoms with van der Waals surface area (Å²) in [6, 6.07) is 3.00. The maximum Gasteiger partial charge on any atom is 0.439 e. The minimum absolute atomic E-state index is 0.0550. The summed E-state index contributed by atoms with van der Waals surface area (Å²) in [5, 5.41) is 13.6. The summed E-state index contributed by atoms with van der Waals surface area (Å²) in [5.41, 5.74) is -4.32. The number of halogens is 3. The SMILES string of the molecule is CC(C)(C)OC(=O)N1N=C(c2cccnc2)C[C@@]1(O)C(F)(F)F. The first-order valence-electron chi connectivity index (χ1n) is 6.74. The molecule has 6 nitrogen and oxygen atoms in total. The van der Waals surface area contributed by atoms with E-state index in [1.807, 2.05) is 0 Å². The molecule has 0 saturated carbocycles. The van der Waals surface area contributed by atoms with Crippen LogP contribution in [0.2, 0.25) is 0 Å². The van der Waals surface area contributed by atoms with Gasteiger partial charge in [0, 0.05) is 18.0 Å². The standard InChI is InChI=1S/C14H16F3N3O3/c1-12(2,3)23-11(21)20-13(22,14(15,16)17)7-10(19-20)9-5-4-6-18-8-9/h4-6,8,22H,7H2,1-3H3/t13-/m1/s1. The zero-order chi connectivity index (χ0) is 17.5. The van der Waals surface area contributed by atoms with Gasteiger partial charge in [-0.3, -0.25) is 4.98 Å². The van der Waals surface area contributed by atoms with Crippen LogP contribution in [0.15, 0.2) is 29.6 Å². The second kappa shape index (κ2) is 5.48. The predicted octanol–water partition coefficient (Wildman–Crippen LogP) is 2.68. The lowest BCUT2D eigenvalue weighted by Gasteiger charge is -2.33. The van der Waals surface area contributed by atoms with Crippen LogP contribution in [0.3, 0.4) is 0 Å². The summed E-state index contributed by atoms with van der Waals surface area (Å²) in [7, 11) is 0. The molecule has 0 unspecified atom stereocenters. The van der Waals surface area contributed by atoms with Crippen molar-refractivity contribution in [1.82, 2.24) is 9.99 Å². The molecular weight excluding hydrogens is 315 g/mol. The molecule has 1 N–H and O–H groups in total. The van der Waals surface area contributed by atoms with Gasteiger partial charge in [0.25, 0.3) is 5.72 Å². The van der Waals surface area contributed by atoms with Crippen molar-refractivity contribution in [1.29, 1.82) is 0 Å². The molecule has 1 aromatic rings. The lowest BCUT2D eigenvalue weighted by atomic mass is 10.0. The minimum Gasteiger partial charge on any atom is -0.442 e. The van der Waals surface area contributed by atoms with Gasteiger partial charge in [-0.1, -0.05) is 6.07 Å². The van der Waals surface area contributed by atoms with E-state index in [2.05, 4.69) is 10.1 Å². The van der Waals surface area contributed by atoms with Crippen molar-refractivity contribution in [3.8, 4) is 0 Å². The van der Waals surface area contributed by atoms with Crippen LogP contribution in [-0.2, 0) is 4.74 Å². The van der Waals surface area contributed by atoms with E-state index in [1.165, 1.54) is 45.3 Å². The number of amides is 1. The van der Waals surface area contributed by atoms with E-state index in [0.29, 0.717) is 0 Å². The monoisotopic (exact) mass is 331 g/mol. The number of hydrogen-bond acceptors (Lipinski definition) is 5. The topological polar surface area (TPSA) is 75.0 Å². The number of ether oxygens (including phenoxy) is 1. The fourth-order valence-corrected chi connectivity index (χ4v) is 1.96. The number of alkyl halides is 3. The number of rotatable bonds is 1. The van der Waals surface area contributed by atoms with Crippen molar-refractivity contribution in [2.45, 2.75) is 44.7 Å². The van der Waals surface area contributed by atoms with E-state index < -0.39 is 30.0 Å². The van der Waals surface area contributed by atoms with Crippen LogP contribution in [0, 0.1) is 0 Å². The lowest BCUT2D eigenvalue weighted by Crippen LogP contribution is -2.57. The Morgan fingerprint density at radius 1 is 1.39 bits per heavy atom. The Kier molecular flexibility index (Phi) is 4.10. The number of nitrogens with zero attached hydrogens (tertiary/aromatic N) is 3. The molecule has 1 aromatic heterocycles. The largest absolute Gasteiger partial charge is 0.442 e. The summed E-state index contributed by atoms with van der Waals surface area (Å²) in [6.07, 6.45) is -4.63. The number of carbonyl (C=O) groups excluding carboxylic acids is 1. The molecule has 1 aliphatic heterocycles. The van der Waals surface area contributed by atoms with Crippen molar-refractivity contribution in [2.75, 3.05) is 0 Å². The highest BCUT2D eigenvalue weighted by Gasteiger charge is 2.64. The van der Waals surface area contributed by atoms with Gasteiger partial charge in [-0.15, -0.1) is 0 Å². The summed E-state index contributed by atoms with van der Waals surface area (Å²) in [5.74, 6) is 0. The third-order valence-electron chi connectivity index (χ3n) is 3.00. The van der Waals surface area contributed by atoms with E-state index in [0.717, 1.165) is 0 Å². The Morgan fingerprint density at radius 2 is 2.04 bits per heavy atom. The van der Waals surface area contributed by atoms with Gasteiger partial charge in [-0.05, 0) is 26.8 Å². The van der Waals surface area contributed by atoms with Crippen LogP contribution in [0.25, 0.3) is 0 Å². The highest BCUT2D eigenvalue weighted by Crippen LogP contribution is 2.41. The molecule has 0 radical (unpaired) electrons. The molecule has 0 aliphatic carbocycles. The fraction of sp³-hybridized carbons (Fsp3) is 0.500. The van der Waals surface area contributed by atoms with Crippen molar-refractivity contribution in [2.24, 2.45) is 5.10 Å². The predicted molar refractivity (Wildman–Crippen MR) is 74.5 cm³/mol. The van der Waals surface area contributed by atoms with Crippen molar-refractivity contribution in [3.63, 3.8) is 0 Å². The van der Waals surface area contributed by atoms with Crippen LogP contribution in [0.5, 0.6) is 0 Å². The van der Waals surface area contributed by atoms with Gasteiger partial charge in [0.2, 0.25) is 0 Å². The average Bonchev–Trinajstić information content (AvgIpc) is 2.77. The average molecular weight is 331 g/mol. The first kappa shape index (κ1) is 17.2. The molecule has 1 aliphatic rings. The molecule has 23 heavy (non-hydrogen) atoms. The fourth-order valence-electron chi connectivity index (χ4n) is 1.96. The molecule has 0 fully saturated rings. The summed E-state index contributed by atoms with van der Waals surface area (Å²) >= 11 is 0. The molecule has 0 aromatic carbocycles. The number of aromatic nitrogens is 1. The Labute approximate surface area is 130 Å². The number of aliphatic hydroxyl groups is 1. The molecule has 2 heterocycles. The maximum absolute atomic E-state index is 13.3. The highest BCUT2D eigenvalue weighted by molar-refractivity contribution is 6.03. The molecule has 2 rings (SSSR count). The smallest absolute Gasteiger partial charge is 0.439 e. The zero-order valence-electron chi connectivity index (χ0n) is 12.8. The van der Waals surface area contributed by atoms with E-state index in [1.54, 1.807) is 0 Å². The van der Waals surface area contributed by atoms with E-state index in [4.69, 9.17) is 4.74 Å². The number of hydrogen-bond donors (Lipinski definition) is 1. The molecule has 0 bridgehead atoms. The number of pyridine rings is 1. The second-order valence-electron chi connectivity index (χ2n) is 6.07. The van der Waals surface area contributed by atoms with Crippen LogP contribution in [-0.4, -0.2) is 44.4 Å². The van der Waals surface area contributed by atoms with Gasteiger partial charge < -0.3 is 9.84 Å². The first-order chi connectivity index (χ1) is 10.4. The van der Waals surface area contributed by atoms with Gasteiger partial charge in [-0.2, -0.15) is 23.3 Å². The van der Waals surface area contributed by atoms with Crippen LogP contribution in [0.1, 0.15) is 32.8 Å². The minimum atomic E-state index is -5.10. The van der Waals surface area contributed by atoms with Crippen molar-refractivity contribution >= 4 is 11.8 Å². The van der Waals surface area contributed by atoms with Crippen LogP contribution in [0.4, 0.5) is 18.0 Å². The quantitative estimate of drug-likeness (QED) is 0.858. The van der Waals surface area contributed by atoms with Gasteiger partial charge in [0.05, 0.1) is 12.1 Å². The Bertz CT molecular complexity index is 626. The molecule has 0 spiro atoms. The third kappa shape index (κ3) is 3.44. The van der Waals surface area contributed by atoms with Crippen LogP contribution < -0.4 is 0 Å². The normalized spacial score (nSPS) is 22.0. The Morgan fingerprint density at radius 3 is 2.52 bits per heavy atom. The van der Waals surface area contributed by atoms with E-state index >= 15 is 0 Å². The second-order valence-corrected chi connectivity index (χ2v) is 6.07. The molecule has 126 valence electrons. The van der Waals surface area contributed by atoms with Gasteiger partial charge in [-0.25, -0.2) is 4.79 Å². The summed E-state index contributed by atoms with van der Waals surface area (Å²) in [6.45, 7) is 4.50. The third-order valence-corrected chi connectivity index (χ3v) is 3.00. The van der Waals surface area contributed by atoms with Gasteiger partial charge in [0.1, 0.15) is 5.60 Å². The van der Waals surface area contributed by atoms with Gasteiger partial charge in [0.15, 0.2) is 0 Å². The summed E-state index contributed by atoms with van der Waals surface area (Å²) < 4.78 is 44.8. The van der Waals surface area contributed by atoms with Crippen molar-refractivity contribution in [3.05, 3.63) is 30.1 Å². The number of carbonyl (C=O) groups is 1. The first-order valence-corrected chi connectivity index (χ1v) is 6.74. The van der Waals surface area contributed by atoms with Gasteiger partial charge >= 0.3 is 12.3 Å². The number of hydrazone groups is 1. The maximum atomic E-state index is 13.3. The lowest BCUT2D eigenvalue weighted by molar-refractivity contribution is -0.300. The zero-order valence-corrected chi connectivity index (χ0v) is 12.8. The van der Waals surface area contributed by atoms with E-state index in [9.17, 15) is 23.1 Å². The summed E-state index contributed by atoms with van der Waals surface area (Å²) in [4.78, 5) is 15.8. The van der Waals surface area contributed by atoms with Crippen LogP contribution >= 0.6 is 0 Å². The molecule has 9 heteroatoms. The Hall–Kier alpha value is -2.16. The molecular formula is C14H16F3N3O3. The Balaban J connectivity index is 2.41. The molecule has 1 atom stereocenters. The molecule has 1 amide bonds. The van der Waals surface area contributed by atoms with Crippen molar-refractivity contribution < 1.29 is 27.8 Å². The van der Waals surface area contributed by atoms with E-state index in [-0.39, 0.29) is 16.3 Å². The molecule has 0 saturated heterocycles.